The second kappa shape index (κ2) is 9.64. The number of halogens is 1. The van der Waals surface area contributed by atoms with E-state index in [1.54, 1.807) is 24.3 Å². The van der Waals surface area contributed by atoms with Gasteiger partial charge in [-0.3, -0.25) is 0 Å². The molecule has 132 valence electrons. The predicted octanol–water partition coefficient (Wildman–Crippen LogP) is 2.66. The van der Waals surface area contributed by atoms with Crippen molar-refractivity contribution >= 4 is 22.4 Å². The molecule has 0 radical (unpaired) electrons. The molecule has 0 bridgehead atoms. The van der Waals surface area contributed by atoms with Crippen molar-refractivity contribution in [3.8, 4) is 5.75 Å². The molecule has 2 rings (SSSR count). The summed E-state index contributed by atoms with van der Waals surface area (Å²) in [6, 6.07) is 16.2. The number of rotatable bonds is 8. The molecule has 0 aliphatic carbocycles. The molecular formula is C17H23ClN2O3S. The maximum absolute atomic E-state index is 13.0. The zero-order valence-electron chi connectivity index (χ0n) is 13.6. The van der Waals surface area contributed by atoms with Crippen LogP contribution >= 0.6 is 12.4 Å². The van der Waals surface area contributed by atoms with Crippen LogP contribution in [-0.2, 0) is 16.6 Å². The first kappa shape index (κ1) is 20.4. The molecule has 0 aliphatic heterocycles. The summed E-state index contributed by atoms with van der Waals surface area (Å²) in [7, 11) is -2.19. The van der Waals surface area contributed by atoms with Gasteiger partial charge in [0.15, 0.2) is 0 Å². The predicted molar refractivity (Wildman–Crippen MR) is 98.0 cm³/mol. The lowest BCUT2D eigenvalue weighted by atomic mass is 10.2. The third-order valence-electron chi connectivity index (χ3n) is 3.50. The molecule has 0 saturated carbocycles. The van der Waals surface area contributed by atoms with E-state index in [1.165, 1.54) is 11.4 Å². The molecular weight excluding hydrogens is 348 g/mol. The molecule has 2 aromatic rings. The van der Waals surface area contributed by atoms with Crippen LogP contribution in [0.5, 0.6) is 5.75 Å². The Hall–Kier alpha value is -1.60. The summed E-state index contributed by atoms with van der Waals surface area (Å²) in [4.78, 5) is 0.176. The highest BCUT2D eigenvalue weighted by molar-refractivity contribution is 7.89. The molecule has 2 N–H and O–H groups in total. The first-order valence-electron chi connectivity index (χ1n) is 7.46. The van der Waals surface area contributed by atoms with Gasteiger partial charge in [0.1, 0.15) is 10.6 Å². The fourth-order valence-corrected chi connectivity index (χ4v) is 3.93. The minimum Gasteiger partial charge on any atom is -0.495 e. The molecule has 0 saturated heterocycles. The lowest BCUT2D eigenvalue weighted by molar-refractivity contribution is 0.383. The second-order valence-electron chi connectivity index (χ2n) is 5.12. The molecule has 0 fully saturated rings. The van der Waals surface area contributed by atoms with E-state index in [4.69, 9.17) is 10.5 Å². The van der Waals surface area contributed by atoms with Crippen LogP contribution in [0.2, 0.25) is 0 Å². The third kappa shape index (κ3) is 4.95. The number of hydrogen-bond donors (Lipinski definition) is 1. The van der Waals surface area contributed by atoms with Crippen LogP contribution in [0.3, 0.4) is 0 Å². The fraction of sp³-hybridized carbons (Fsp3) is 0.294. The number of nitrogens with zero attached hydrogens (tertiary/aromatic N) is 1. The van der Waals surface area contributed by atoms with E-state index in [2.05, 4.69) is 0 Å². The number of ether oxygens (including phenoxy) is 1. The largest absolute Gasteiger partial charge is 0.495 e. The Kier molecular flexibility index (Phi) is 8.21. The van der Waals surface area contributed by atoms with Crippen molar-refractivity contribution in [3.05, 3.63) is 60.2 Å². The zero-order valence-corrected chi connectivity index (χ0v) is 15.2. The van der Waals surface area contributed by atoms with E-state index < -0.39 is 10.0 Å². The van der Waals surface area contributed by atoms with Crippen LogP contribution in [0.25, 0.3) is 0 Å². The summed E-state index contributed by atoms with van der Waals surface area (Å²) < 4.78 is 32.7. The van der Waals surface area contributed by atoms with E-state index in [-0.39, 0.29) is 17.3 Å². The lowest BCUT2D eigenvalue weighted by Crippen LogP contribution is -2.32. The van der Waals surface area contributed by atoms with Gasteiger partial charge in [0, 0.05) is 13.1 Å². The Bertz CT molecular complexity index is 724. The molecule has 0 amide bonds. The van der Waals surface area contributed by atoms with Gasteiger partial charge in [-0.2, -0.15) is 4.31 Å². The van der Waals surface area contributed by atoms with E-state index >= 15 is 0 Å². The van der Waals surface area contributed by atoms with Crippen LogP contribution in [0, 0.1) is 0 Å². The van der Waals surface area contributed by atoms with Crippen molar-refractivity contribution in [1.29, 1.82) is 0 Å². The average Bonchev–Trinajstić information content (AvgIpc) is 2.59. The van der Waals surface area contributed by atoms with Crippen LogP contribution in [0.15, 0.2) is 59.5 Å². The maximum atomic E-state index is 13.0. The molecule has 0 aliphatic rings. The number of sulfonamides is 1. The van der Waals surface area contributed by atoms with Gasteiger partial charge in [-0.1, -0.05) is 42.5 Å². The summed E-state index contributed by atoms with van der Waals surface area (Å²) in [6.45, 7) is 1.11. The van der Waals surface area contributed by atoms with E-state index in [1.807, 2.05) is 30.3 Å². The summed E-state index contributed by atoms with van der Waals surface area (Å²) in [5.74, 6) is 0.346. The number of methoxy groups -OCH3 is 1. The van der Waals surface area contributed by atoms with Crippen LogP contribution in [-0.4, -0.2) is 32.9 Å². The highest BCUT2D eigenvalue weighted by Gasteiger charge is 2.27. The quantitative estimate of drug-likeness (QED) is 0.775. The third-order valence-corrected chi connectivity index (χ3v) is 5.38. The summed E-state index contributed by atoms with van der Waals surface area (Å²) in [5, 5.41) is 0. The first-order chi connectivity index (χ1) is 11.1. The maximum Gasteiger partial charge on any atom is 0.247 e. The lowest BCUT2D eigenvalue weighted by Gasteiger charge is -2.23. The molecule has 0 heterocycles. The van der Waals surface area contributed by atoms with Crippen molar-refractivity contribution < 1.29 is 13.2 Å². The van der Waals surface area contributed by atoms with Gasteiger partial charge in [-0.25, -0.2) is 8.42 Å². The Labute approximate surface area is 149 Å². The standard InChI is InChI=1S/C17H22N2O3S.ClH/c1-22-16-10-5-6-11-17(16)23(20,21)19(13-7-12-18)14-15-8-3-2-4-9-15;/h2-6,8-11H,7,12-14,18H2,1H3;1H. The van der Waals surface area contributed by atoms with E-state index in [0.29, 0.717) is 31.8 Å². The minimum absolute atomic E-state index is 0. The number of benzene rings is 2. The molecule has 0 aromatic heterocycles. The summed E-state index contributed by atoms with van der Waals surface area (Å²) in [5.41, 5.74) is 6.50. The van der Waals surface area contributed by atoms with Crippen LogP contribution < -0.4 is 10.5 Å². The minimum atomic E-state index is -3.66. The normalized spacial score (nSPS) is 11.1. The fourth-order valence-electron chi connectivity index (χ4n) is 2.31. The Morgan fingerprint density at radius 1 is 1.04 bits per heavy atom. The van der Waals surface area contributed by atoms with Gasteiger partial charge in [-0.05, 0) is 30.7 Å². The Morgan fingerprint density at radius 2 is 1.67 bits per heavy atom. The van der Waals surface area contributed by atoms with Crippen molar-refractivity contribution in [1.82, 2.24) is 4.31 Å². The Morgan fingerprint density at radius 3 is 2.29 bits per heavy atom. The van der Waals surface area contributed by atoms with Crippen molar-refractivity contribution in [2.24, 2.45) is 5.73 Å². The Balaban J connectivity index is 0.00000288. The van der Waals surface area contributed by atoms with E-state index in [9.17, 15) is 8.42 Å². The summed E-state index contributed by atoms with van der Waals surface area (Å²) >= 11 is 0. The van der Waals surface area contributed by atoms with Crippen molar-refractivity contribution in [2.45, 2.75) is 17.9 Å². The van der Waals surface area contributed by atoms with Gasteiger partial charge in [0.25, 0.3) is 0 Å². The molecule has 0 atom stereocenters. The molecule has 24 heavy (non-hydrogen) atoms. The SMILES string of the molecule is COc1ccccc1S(=O)(=O)N(CCCN)Cc1ccccc1.Cl. The highest BCUT2D eigenvalue weighted by atomic mass is 35.5. The van der Waals surface area contributed by atoms with Gasteiger partial charge in [0.05, 0.1) is 7.11 Å². The molecule has 2 aromatic carbocycles. The van der Waals surface area contributed by atoms with E-state index in [0.717, 1.165) is 5.56 Å². The molecule has 0 unspecified atom stereocenters. The molecule has 7 heteroatoms. The first-order valence-corrected chi connectivity index (χ1v) is 8.90. The average molecular weight is 371 g/mol. The topological polar surface area (TPSA) is 72.6 Å². The zero-order chi connectivity index (χ0) is 16.7. The van der Waals surface area contributed by atoms with Crippen molar-refractivity contribution in [2.75, 3.05) is 20.2 Å². The number of para-hydroxylation sites is 1. The van der Waals surface area contributed by atoms with Gasteiger partial charge >= 0.3 is 0 Å². The summed E-state index contributed by atoms with van der Waals surface area (Å²) in [6.07, 6.45) is 0.598. The van der Waals surface area contributed by atoms with Crippen molar-refractivity contribution in [3.63, 3.8) is 0 Å². The van der Waals surface area contributed by atoms with Gasteiger partial charge in [0.2, 0.25) is 10.0 Å². The van der Waals surface area contributed by atoms with Crippen LogP contribution in [0.4, 0.5) is 0 Å². The smallest absolute Gasteiger partial charge is 0.247 e. The van der Waals surface area contributed by atoms with Crippen LogP contribution in [0.1, 0.15) is 12.0 Å². The number of hydrogen-bond acceptors (Lipinski definition) is 4. The highest BCUT2D eigenvalue weighted by Crippen LogP contribution is 2.27. The second-order valence-corrected chi connectivity index (χ2v) is 7.02. The monoisotopic (exact) mass is 370 g/mol. The molecule has 0 spiro atoms. The van der Waals surface area contributed by atoms with Gasteiger partial charge < -0.3 is 10.5 Å². The molecule has 5 nitrogen and oxygen atoms in total. The van der Waals surface area contributed by atoms with Gasteiger partial charge in [-0.15, -0.1) is 12.4 Å². The number of nitrogens with two attached hydrogens (primary N) is 1.